The maximum absolute atomic E-state index is 11.3. The van der Waals surface area contributed by atoms with Crippen molar-refractivity contribution in [1.29, 1.82) is 0 Å². The van der Waals surface area contributed by atoms with Crippen molar-refractivity contribution < 1.29 is 9.53 Å². The van der Waals surface area contributed by atoms with E-state index in [0.29, 0.717) is 32.8 Å². The molecule has 0 saturated heterocycles. The average molecular weight is 296 g/mol. The number of carbonyl (C=O) groups is 1. The highest BCUT2D eigenvalue weighted by molar-refractivity contribution is 6.42. The molecule has 0 unspecified atom stereocenters. The molecule has 3 nitrogen and oxygen atoms in total. The van der Waals surface area contributed by atoms with Crippen LogP contribution in [0.3, 0.4) is 0 Å². The molecule has 0 amide bonds. The zero-order valence-corrected chi connectivity index (χ0v) is 11.6. The van der Waals surface area contributed by atoms with Gasteiger partial charge in [0.1, 0.15) is 16.5 Å². The van der Waals surface area contributed by atoms with Crippen LogP contribution in [0.5, 0.6) is 11.5 Å². The minimum atomic E-state index is -0.0927. The second-order valence-electron chi connectivity index (χ2n) is 3.96. The SMILES string of the molecule is CC(=O)c1ccc(Oc2cccc(Cl)c2Cl)cc1N. The van der Waals surface area contributed by atoms with Gasteiger partial charge in [-0.1, -0.05) is 29.3 Å². The van der Waals surface area contributed by atoms with Crippen LogP contribution in [0.25, 0.3) is 0 Å². The Labute approximate surface area is 120 Å². The van der Waals surface area contributed by atoms with Crippen molar-refractivity contribution in [3.63, 3.8) is 0 Å². The van der Waals surface area contributed by atoms with Crippen molar-refractivity contribution in [2.75, 3.05) is 5.73 Å². The topological polar surface area (TPSA) is 52.3 Å². The van der Waals surface area contributed by atoms with Crippen molar-refractivity contribution in [3.05, 3.63) is 52.0 Å². The fourth-order valence-corrected chi connectivity index (χ4v) is 1.95. The van der Waals surface area contributed by atoms with Crippen LogP contribution < -0.4 is 10.5 Å². The third-order valence-corrected chi connectivity index (χ3v) is 3.35. The highest BCUT2D eigenvalue weighted by Crippen LogP contribution is 2.35. The summed E-state index contributed by atoms with van der Waals surface area (Å²) in [6.45, 7) is 1.46. The van der Waals surface area contributed by atoms with E-state index in [0.717, 1.165) is 0 Å². The predicted molar refractivity (Wildman–Crippen MR) is 77.4 cm³/mol. The number of benzene rings is 2. The largest absolute Gasteiger partial charge is 0.456 e. The molecule has 2 aromatic rings. The van der Waals surface area contributed by atoms with E-state index < -0.39 is 0 Å². The lowest BCUT2D eigenvalue weighted by Gasteiger charge is -2.10. The number of nitrogen functional groups attached to an aromatic ring is 1. The number of rotatable bonds is 3. The fourth-order valence-electron chi connectivity index (χ4n) is 1.61. The fraction of sp³-hybridized carbons (Fsp3) is 0.0714. The van der Waals surface area contributed by atoms with Gasteiger partial charge in [0.05, 0.1) is 5.02 Å². The first-order valence-corrected chi connectivity index (χ1v) is 6.27. The van der Waals surface area contributed by atoms with E-state index in [2.05, 4.69) is 0 Å². The number of nitrogens with two attached hydrogens (primary N) is 1. The van der Waals surface area contributed by atoms with Crippen LogP contribution in [0.15, 0.2) is 36.4 Å². The summed E-state index contributed by atoms with van der Waals surface area (Å²) in [5.41, 5.74) is 6.61. The quantitative estimate of drug-likeness (QED) is 0.666. The summed E-state index contributed by atoms with van der Waals surface area (Å²) >= 11 is 11.9. The summed E-state index contributed by atoms with van der Waals surface area (Å²) in [5, 5.41) is 0.742. The van der Waals surface area contributed by atoms with Crippen LogP contribution in [0.1, 0.15) is 17.3 Å². The molecule has 2 aromatic carbocycles. The van der Waals surface area contributed by atoms with E-state index in [1.807, 2.05) is 0 Å². The van der Waals surface area contributed by atoms with Gasteiger partial charge >= 0.3 is 0 Å². The molecule has 0 aliphatic rings. The van der Waals surface area contributed by atoms with Crippen molar-refractivity contribution >= 4 is 34.7 Å². The Morgan fingerprint density at radius 1 is 1.21 bits per heavy atom. The molecule has 0 atom stereocenters. The summed E-state index contributed by atoms with van der Waals surface area (Å²) in [7, 11) is 0. The first-order chi connectivity index (χ1) is 8.99. The van der Waals surface area contributed by atoms with Gasteiger partial charge in [0.2, 0.25) is 0 Å². The second-order valence-corrected chi connectivity index (χ2v) is 4.74. The lowest BCUT2D eigenvalue weighted by Crippen LogP contribution is -1.99. The summed E-state index contributed by atoms with van der Waals surface area (Å²) in [5.74, 6) is 0.834. The molecule has 19 heavy (non-hydrogen) atoms. The molecule has 2 N–H and O–H groups in total. The first kappa shape index (κ1) is 13.7. The monoisotopic (exact) mass is 295 g/mol. The smallest absolute Gasteiger partial charge is 0.161 e. The Morgan fingerprint density at radius 3 is 2.58 bits per heavy atom. The van der Waals surface area contributed by atoms with E-state index in [9.17, 15) is 4.79 Å². The Hall–Kier alpha value is -1.71. The van der Waals surface area contributed by atoms with Gasteiger partial charge in [-0.3, -0.25) is 4.79 Å². The molecule has 0 fully saturated rings. The molecule has 0 spiro atoms. The molecule has 0 aliphatic heterocycles. The molecule has 0 radical (unpaired) electrons. The van der Waals surface area contributed by atoms with Gasteiger partial charge in [-0.15, -0.1) is 0 Å². The maximum atomic E-state index is 11.3. The van der Waals surface area contributed by atoms with E-state index >= 15 is 0 Å². The van der Waals surface area contributed by atoms with Gasteiger partial charge in [-0.2, -0.15) is 0 Å². The van der Waals surface area contributed by atoms with Gasteiger partial charge < -0.3 is 10.5 Å². The number of ether oxygens (including phenoxy) is 1. The summed E-state index contributed by atoms with van der Waals surface area (Å²) < 4.78 is 5.60. The molecule has 0 bridgehead atoms. The van der Waals surface area contributed by atoms with Crippen LogP contribution in [0, 0.1) is 0 Å². The Kier molecular flexibility index (Phi) is 3.98. The minimum absolute atomic E-state index is 0.0927. The predicted octanol–water partition coefficient (Wildman–Crippen LogP) is 4.57. The Balaban J connectivity index is 2.32. The Bertz CT molecular complexity index is 641. The number of ketones is 1. The lowest BCUT2D eigenvalue weighted by molar-refractivity contribution is 0.101. The first-order valence-electron chi connectivity index (χ1n) is 5.51. The number of carbonyl (C=O) groups excluding carboxylic acids is 1. The standard InChI is InChI=1S/C14H11Cl2NO2/c1-8(18)10-6-5-9(7-12(10)17)19-13-4-2-3-11(15)14(13)16/h2-7H,17H2,1H3. The van der Waals surface area contributed by atoms with Crippen LogP contribution in [0.2, 0.25) is 10.0 Å². The number of hydrogen-bond acceptors (Lipinski definition) is 3. The van der Waals surface area contributed by atoms with Crippen molar-refractivity contribution in [2.45, 2.75) is 6.92 Å². The normalized spacial score (nSPS) is 10.3. The highest BCUT2D eigenvalue weighted by Gasteiger charge is 2.09. The highest BCUT2D eigenvalue weighted by atomic mass is 35.5. The van der Waals surface area contributed by atoms with Crippen LogP contribution >= 0.6 is 23.2 Å². The second kappa shape index (κ2) is 5.51. The van der Waals surface area contributed by atoms with E-state index in [-0.39, 0.29) is 5.78 Å². The molecular weight excluding hydrogens is 285 g/mol. The Morgan fingerprint density at radius 2 is 1.95 bits per heavy atom. The van der Waals surface area contributed by atoms with Crippen molar-refractivity contribution in [3.8, 4) is 11.5 Å². The van der Waals surface area contributed by atoms with Gasteiger partial charge in [0.15, 0.2) is 5.78 Å². The zero-order chi connectivity index (χ0) is 14.0. The summed E-state index contributed by atoms with van der Waals surface area (Å²) in [4.78, 5) is 11.3. The zero-order valence-electron chi connectivity index (χ0n) is 10.1. The van der Waals surface area contributed by atoms with Gasteiger partial charge in [0.25, 0.3) is 0 Å². The van der Waals surface area contributed by atoms with Gasteiger partial charge in [-0.25, -0.2) is 0 Å². The van der Waals surface area contributed by atoms with Gasteiger partial charge in [0, 0.05) is 17.3 Å². The molecule has 0 heterocycles. The maximum Gasteiger partial charge on any atom is 0.161 e. The molecule has 2 rings (SSSR count). The van der Waals surface area contributed by atoms with Crippen molar-refractivity contribution in [1.82, 2.24) is 0 Å². The van der Waals surface area contributed by atoms with Gasteiger partial charge in [-0.05, 0) is 31.2 Å². The summed E-state index contributed by atoms with van der Waals surface area (Å²) in [6.07, 6.45) is 0. The average Bonchev–Trinajstić information content (AvgIpc) is 2.34. The number of halogens is 2. The summed E-state index contributed by atoms with van der Waals surface area (Å²) in [6, 6.07) is 9.95. The number of hydrogen-bond donors (Lipinski definition) is 1. The van der Waals surface area contributed by atoms with Crippen LogP contribution in [-0.2, 0) is 0 Å². The molecular formula is C14H11Cl2NO2. The lowest BCUT2D eigenvalue weighted by atomic mass is 10.1. The van der Waals surface area contributed by atoms with Crippen LogP contribution in [0.4, 0.5) is 5.69 Å². The van der Waals surface area contributed by atoms with E-state index in [4.69, 9.17) is 33.7 Å². The molecule has 5 heteroatoms. The minimum Gasteiger partial charge on any atom is -0.456 e. The molecule has 98 valence electrons. The van der Waals surface area contributed by atoms with Crippen molar-refractivity contribution in [2.24, 2.45) is 0 Å². The third kappa shape index (κ3) is 3.00. The van der Waals surface area contributed by atoms with E-state index in [1.54, 1.807) is 36.4 Å². The molecule has 0 aromatic heterocycles. The molecule has 0 saturated carbocycles. The van der Waals surface area contributed by atoms with E-state index in [1.165, 1.54) is 6.92 Å². The third-order valence-electron chi connectivity index (χ3n) is 2.55. The van der Waals surface area contributed by atoms with Crippen LogP contribution in [-0.4, -0.2) is 5.78 Å². The number of anilines is 1. The number of Topliss-reactive ketones (excluding diaryl/α,β-unsaturated/α-hetero) is 1. The molecule has 0 aliphatic carbocycles.